The van der Waals surface area contributed by atoms with Gasteiger partial charge in [-0.3, -0.25) is 4.90 Å². The fourth-order valence-electron chi connectivity index (χ4n) is 3.62. The predicted molar refractivity (Wildman–Crippen MR) is 105 cm³/mol. The molecule has 0 aliphatic carbocycles. The van der Waals surface area contributed by atoms with Crippen molar-refractivity contribution in [3.8, 4) is 0 Å². The summed E-state index contributed by atoms with van der Waals surface area (Å²) >= 11 is 1.86. The molecule has 1 aromatic carbocycles. The molecular weight excluding hydrogens is 312 g/mol. The number of nitrogens with zero attached hydrogens (tertiary/aromatic N) is 1. The van der Waals surface area contributed by atoms with Gasteiger partial charge in [-0.05, 0) is 66.9 Å². The van der Waals surface area contributed by atoms with Crippen molar-refractivity contribution >= 4 is 27.8 Å². The van der Waals surface area contributed by atoms with Gasteiger partial charge in [-0.1, -0.05) is 24.3 Å². The highest BCUT2D eigenvalue weighted by Crippen LogP contribution is 2.26. The highest BCUT2D eigenvalue weighted by atomic mass is 32.1. The number of benzene rings is 1. The Kier molecular flexibility index (Phi) is 4.81. The molecule has 0 unspecified atom stereocenters. The van der Waals surface area contributed by atoms with E-state index in [9.17, 15) is 0 Å². The molecule has 0 saturated carbocycles. The minimum absolute atomic E-state index is 1.11. The zero-order valence-corrected chi connectivity index (χ0v) is 14.8. The lowest BCUT2D eigenvalue weighted by Crippen LogP contribution is -2.29. The molecule has 24 heavy (non-hydrogen) atoms. The van der Waals surface area contributed by atoms with Crippen molar-refractivity contribution in [1.82, 2.24) is 9.88 Å². The first-order valence-electron chi connectivity index (χ1n) is 8.90. The van der Waals surface area contributed by atoms with Gasteiger partial charge in [0, 0.05) is 35.1 Å². The molecule has 2 aromatic heterocycles. The second-order valence-electron chi connectivity index (χ2n) is 6.57. The Hall–Kier alpha value is -1.84. The topological polar surface area (TPSA) is 19.0 Å². The van der Waals surface area contributed by atoms with E-state index in [0.717, 1.165) is 6.54 Å². The first kappa shape index (κ1) is 15.7. The summed E-state index contributed by atoms with van der Waals surface area (Å²) in [6, 6.07) is 13.2. The average Bonchev–Trinajstić information content (AvgIpc) is 3.31. The number of hydrogen-bond acceptors (Lipinski definition) is 2. The summed E-state index contributed by atoms with van der Waals surface area (Å²) in [6.07, 6.45) is 9.39. The SMILES string of the molecule is C1=C(c2cccs2)CCN(CCCCc2cccc3[nH]ccc23)C1. The van der Waals surface area contributed by atoms with Gasteiger partial charge in [-0.15, -0.1) is 11.3 Å². The predicted octanol–water partition coefficient (Wildman–Crippen LogP) is 5.34. The number of nitrogens with one attached hydrogen (secondary N) is 1. The van der Waals surface area contributed by atoms with Crippen LogP contribution in [-0.2, 0) is 6.42 Å². The van der Waals surface area contributed by atoms with E-state index in [1.807, 2.05) is 17.5 Å². The number of H-pyrrole nitrogens is 1. The first-order valence-corrected chi connectivity index (χ1v) is 9.78. The third-order valence-corrected chi connectivity index (χ3v) is 5.93. The minimum atomic E-state index is 1.11. The number of aryl methyl sites for hydroxylation is 1. The molecule has 4 rings (SSSR count). The summed E-state index contributed by atoms with van der Waals surface area (Å²) in [5, 5.41) is 3.56. The lowest BCUT2D eigenvalue weighted by molar-refractivity contribution is 0.295. The highest BCUT2D eigenvalue weighted by molar-refractivity contribution is 7.11. The Morgan fingerprint density at radius 1 is 1.08 bits per heavy atom. The first-order chi connectivity index (χ1) is 11.9. The van der Waals surface area contributed by atoms with Crippen LogP contribution in [0.15, 0.2) is 54.1 Å². The maximum atomic E-state index is 3.30. The Bertz CT molecular complexity index is 813. The average molecular weight is 337 g/mol. The van der Waals surface area contributed by atoms with Crippen LogP contribution >= 0.6 is 11.3 Å². The summed E-state index contributed by atoms with van der Waals surface area (Å²) in [4.78, 5) is 7.35. The molecule has 3 heteroatoms. The molecule has 0 radical (unpaired) electrons. The Morgan fingerprint density at radius 3 is 2.92 bits per heavy atom. The van der Waals surface area contributed by atoms with E-state index in [-0.39, 0.29) is 0 Å². The zero-order valence-electron chi connectivity index (χ0n) is 14.0. The van der Waals surface area contributed by atoms with Crippen LogP contribution in [0.2, 0.25) is 0 Å². The van der Waals surface area contributed by atoms with Crippen LogP contribution in [0, 0.1) is 0 Å². The molecule has 124 valence electrons. The second kappa shape index (κ2) is 7.37. The summed E-state index contributed by atoms with van der Waals surface area (Å²) in [6.45, 7) is 3.54. The normalized spacial score (nSPS) is 15.8. The van der Waals surface area contributed by atoms with Gasteiger partial charge in [-0.25, -0.2) is 0 Å². The van der Waals surface area contributed by atoms with Crippen molar-refractivity contribution in [2.75, 3.05) is 19.6 Å². The van der Waals surface area contributed by atoms with Crippen LogP contribution in [0.1, 0.15) is 29.7 Å². The smallest absolute Gasteiger partial charge is 0.0456 e. The molecule has 2 nitrogen and oxygen atoms in total. The molecule has 1 aliphatic heterocycles. The molecule has 0 saturated heterocycles. The van der Waals surface area contributed by atoms with Crippen molar-refractivity contribution in [1.29, 1.82) is 0 Å². The van der Waals surface area contributed by atoms with Gasteiger partial charge in [0.15, 0.2) is 0 Å². The van der Waals surface area contributed by atoms with Crippen LogP contribution in [0.5, 0.6) is 0 Å². The van der Waals surface area contributed by atoms with Gasteiger partial charge in [-0.2, -0.15) is 0 Å². The van der Waals surface area contributed by atoms with Crippen molar-refractivity contribution in [3.05, 3.63) is 64.5 Å². The zero-order chi connectivity index (χ0) is 16.2. The number of thiophene rings is 1. The molecule has 1 N–H and O–H groups in total. The molecule has 0 atom stereocenters. The quantitative estimate of drug-likeness (QED) is 0.602. The van der Waals surface area contributed by atoms with Crippen molar-refractivity contribution in [2.24, 2.45) is 0 Å². The third-order valence-electron chi connectivity index (χ3n) is 4.99. The molecule has 0 fully saturated rings. The van der Waals surface area contributed by atoms with Gasteiger partial charge in [0.25, 0.3) is 0 Å². The fraction of sp³-hybridized carbons (Fsp3) is 0.333. The van der Waals surface area contributed by atoms with Gasteiger partial charge in [0.1, 0.15) is 0 Å². The molecule has 1 aliphatic rings. The van der Waals surface area contributed by atoms with Gasteiger partial charge in [0.05, 0.1) is 0 Å². The van der Waals surface area contributed by atoms with Crippen molar-refractivity contribution < 1.29 is 0 Å². The van der Waals surface area contributed by atoms with Crippen molar-refractivity contribution in [2.45, 2.75) is 25.7 Å². The van der Waals surface area contributed by atoms with E-state index in [0.29, 0.717) is 0 Å². The van der Waals surface area contributed by atoms with Crippen LogP contribution in [-0.4, -0.2) is 29.5 Å². The molecule has 0 spiro atoms. The fourth-order valence-corrected chi connectivity index (χ4v) is 4.42. The van der Waals surface area contributed by atoms with Crippen LogP contribution < -0.4 is 0 Å². The Labute approximate surface area is 147 Å². The van der Waals surface area contributed by atoms with Gasteiger partial charge in [0.2, 0.25) is 0 Å². The third kappa shape index (κ3) is 3.47. The number of aromatic amines is 1. The number of rotatable bonds is 6. The molecular formula is C21H24N2S. The summed E-state index contributed by atoms with van der Waals surface area (Å²) in [5.74, 6) is 0. The van der Waals surface area contributed by atoms with E-state index >= 15 is 0 Å². The summed E-state index contributed by atoms with van der Waals surface area (Å²) in [5.41, 5.74) is 4.28. The lowest BCUT2D eigenvalue weighted by Gasteiger charge is -2.26. The number of fused-ring (bicyclic) bond motifs is 1. The van der Waals surface area contributed by atoms with Gasteiger partial charge >= 0.3 is 0 Å². The number of unbranched alkanes of at least 4 members (excludes halogenated alkanes) is 1. The molecule has 0 bridgehead atoms. The Morgan fingerprint density at radius 2 is 2.08 bits per heavy atom. The molecule has 0 amide bonds. The minimum Gasteiger partial charge on any atom is -0.361 e. The number of aromatic nitrogens is 1. The van der Waals surface area contributed by atoms with Crippen LogP contribution in [0.4, 0.5) is 0 Å². The monoisotopic (exact) mass is 336 g/mol. The van der Waals surface area contributed by atoms with Crippen LogP contribution in [0.25, 0.3) is 16.5 Å². The second-order valence-corrected chi connectivity index (χ2v) is 7.52. The van der Waals surface area contributed by atoms with E-state index in [4.69, 9.17) is 0 Å². The van der Waals surface area contributed by atoms with E-state index < -0.39 is 0 Å². The molecule has 3 aromatic rings. The Balaban J connectivity index is 1.25. The van der Waals surface area contributed by atoms with E-state index in [1.165, 1.54) is 60.1 Å². The maximum Gasteiger partial charge on any atom is 0.0456 e. The standard InChI is InChI=1S/C21H24N2S/c1(5-17-6-3-7-20-19(17)9-12-22-20)2-13-23-14-10-18(11-15-23)21-8-4-16-24-21/h3-4,6-10,12,16,22H,1-2,5,11,13-15H2. The van der Waals surface area contributed by atoms with E-state index in [1.54, 1.807) is 5.57 Å². The van der Waals surface area contributed by atoms with Crippen molar-refractivity contribution in [3.63, 3.8) is 0 Å². The van der Waals surface area contributed by atoms with Crippen LogP contribution in [0.3, 0.4) is 0 Å². The van der Waals surface area contributed by atoms with Gasteiger partial charge < -0.3 is 4.98 Å². The summed E-state index contributed by atoms with van der Waals surface area (Å²) in [7, 11) is 0. The highest BCUT2D eigenvalue weighted by Gasteiger charge is 2.13. The van der Waals surface area contributed by atoms with E-state index in [2.05, 4.69) is 57.7 Å². The molecule has 3 heterocycles. The largest absolute Gasteiger partial charge is 0.361 e. The lowest BCUT2D eigenvalue weighted by atomic mass is 10.0. The maximum absolute atomic E-state index is 3.30. The number of hydrogen-bond donors (Lipinski definition) is 1. The summed E-state index contributed by atoms with van der Waals surface area (Å²) < 4.78 is 0.